The summed E-state index contributed by atoms with van der Waals surface area (Å²) < 4.78 is 1.91. The van der Waals surface area contributed by atoms with Gasteiger partial charge in [-0.15, -0.1) is 10.2 Å². The normalized spacial score (nSPS) is 17.9. The molecule has 0 saturated heterocycles. The zero-order valence-corrected chi connectivity index (χ0v) is 14.4. The van der Waals surface area contributed by atoms with Crippen LogP contribution in [0, 0.1) is 0 Å². The van der Waals surface area contributed by atoms with E-state index in [1.54, 1.807) is 0 Å². The Balaban J connectivity index is 1.58. The quantitative estimate of drug-likeness (QED) is 0.688. The van der Waals surface area contributed by atoms with Gasteiger partial charge in [-0.05, 0) is 44.0 Å². The van der Waals surface area contributed by atoms with Gasteiger partial charge in [0.2, 0.25) is 5.91 Å². The molecule has 0 saturated carbocycles. The summed E-state index contributed by atoms with van der Waals surface area (Å²) in [6.45, 7) is 4.03. The van der Waals surface area contributed by atoms with Gasteiger partial charge in [-0.1, -0.05) is 36.0 Å². The Kier molecular flexibility index (Phi) is 3.76. The average molecular weight is 338 g/mol. The van der Waals surface area contributed by atoms with E-state index in [0.717, 1.165) is 22.9 Å². The highest BCUT2D eigenvalue weighted by Crippen LogP contribution is 2.34. The molecule has 1 aliphatic heterocycles. The second-order valence-electron chi connectivity index (χ2n) is 6.06. The molecule has 6 heteroatoms. The molecule has 0 N–H and O–H groups in total. The fourth-order valence-corrected chi connectivity index (χ4v) is 4.09. The lowest BCUT2D eigenvalue weighted by Crippen LogP contribution is -2.40. The predicted molar refractivity (Wildman–Crippen MR) is 95.4 cm³/mol. The molecule has 0 spiro atoms. The molecule has 0 radical (unpaired) electrons. The van der Waals surface area contributed by atoms with Crippen LogP contribution in [0.5, 0.6) is 0 Å². The highest BCUT2D eigenvalue weighted by atomic mass is 32.2. The summed E-state index contributed by atoms with van der Waals surface area (Å²) in [5.74, 6) is 0.116. The maximum absolute atomic E-state index is 13.0. The number of carbonyl (C=O) groups excluding carboxylic acids is 1. The van der Waals surface area contributed by atoms with E-state index in [9.17, 15) is 4.79 Å². The Morgan fingerprint density at radius 2 is 2.00 bits per heavy atom. The maximum atomic E-state index is 13.0. The molecule has 5 nitrogen and oxygen atoms in total. The van der Waals surface area contributed by atoms with Crippen LogP contribution in [0.25, 0.3) is 5.65 Å². The monoisotopic (exact) mass is 338 g/mol. The molecular formula is C18H18N4OS. The molecule has 0 bridgehead atoms. The number of para-hydroxylation sites is 1. The minimum atomic E-state index is -0.230. The van der Waals surface area contributed by atoms with Crippen molar-refractivity contribution in [2.45, 2.75) is 36.7 Å². The molecule has 3 aromatic rings. The van der Waals surface area contributed by atoms with Crippen molar-refractivity contribution < 1.29 is 4.79 Å². The van der Waals surface area contributed by atoms with E-state index >= 15 is 0 Å². The van der Waals surface area contributed by atoms with Gasteiger partial charge in [-0.2, -0.15) is 0 Å². The molecule has 0 aliphatic carbocycles. The Morgan fingerprint density at radius 3 is 2.88 bits per heavy atom. The number of hydrogen-bond donors (Lipinski definition) is 0. The van der Waals surface area contributed by atoms with Gasteiger partial charge in [-0.3, -0.25) is 9.20 Å². The Morgan fingerprint density at radius 1 is 1.21 bits per heavy atom. The molecule has 4 rings (SSSR count). The number of hydrogen-bond acceptors (Lipinski definition) is 4. The van der Waals surface area contributed by atoms with Gasteiger partial charge in [-0.25, -0.2) is 0 Å². The van der Waals surface area contributed by atoms with Crippen LogP contribution in [0.2, 0.25) is 0 Å². The molecule has 122 valence electrons. The number of aromatic nitrogens is 3. The first-order valence-corrected chi connectivity index (χ1v) is 8.90. The Hall–Kier alpha value is -2.34. The van der Waals surface area contributed by atoms with Crippen LogP contribution in [0.4, 0.5) is 5.69 Å². The van der Waals surface area contributed by atoms with Gasteiger partial charge >= 0.3 is 0 Å². The van der Waals surface area contributed by atoms with Crippen LogP contribution in [0.15, 0.2) is 53.8 Å². The van der Waals surface area contributed by atoms with Gasteiger partial charge in [0, 0.05) is 17.9 Å². The minimum Gasteiger partial charge on any atom is -0.308 e. The number of carbonyl (C=O) groups is 1. The van der Waals surface area contributed by atoms with Crippen molar-refractivity contribution in [3.63, 3.8) is 0 Å². The number of thioether (sulfide) groups is 1. The van der Waals surface area contributed by atoms with Crippen LogP contribution < -0.4 is 4.90 Å². The number of benzene rings is 1. The first-order chi connectivity index (χ1) is 11.6. The van der Waals surface area contributed by atoms with Gasteiger partial charge < -0.3 is 4.90 Å². The molecule has 2 aromatic heterocycles. The molecule has 24 heavy (non-hydrogen) atoms. The van der Waals surface area contributed by atoms with Crippen LogP contribution >= 0.6 is 11.8 Å². The van der Waals surface area contributed by atoms with Crippen molar-refractivity contribution >= 4 is 29.0 Å². The number of nitrogens with zero attached hydrogens (tertiary/aromatic N) is 4. The van der Waals surface area contributed by atoms with Crippen molar-refractivity contribution in [2.75, 3.05) is 4.90 Å². The average Bonchev–Trinajstić information content (AvgIpc) is 3.14. The third kappa shape index (κ3) is 2.47. The minimum absolute atomic E-state index is 0.116. The summed E-state index contributed by atoms with van der Waals surface area (Å²) >= 11 is 1.45. The number of rotatable bonds is 3. The summed E-state index contributed by atoms with van der Waals surface area (Å²) in [4.78, 5) is 15.0. The third-order valence-corrected chi connectivity index (χ3v) is 5.40. The molecule has 3 heterocycles. The lowest BCUT2D eigenvalue weighted by molar-refractivity contribution is -0.118. The molecular weight excluding hydrogens is 320 g/mol. The summed E-state index contributed by atoms with van der Waals surface area (Å²) in [6, 6.07) is 14.1. The topological polar surface area (TPSA) is 50.5 Å². The van der Waals surface area contributed by atoms with E-state index in [4.69, 9.17) is 0 Å². The van der Waals surface area contributed by atoms with Gasteiger partial charge in [0.1, 0.15) is 0 Å². The lowest BCUT2D eigenvalue weighted by Gasteiger charge is -2.25. The van der Waals surface area contributed by atoms with Crippen molar-refractivity contribution in [1.82, 2.24) is 14.6 Å². The first kappa shape index (κ1) is 15.2. The number of fused-ring (bicyclic) bond motifs is 2. The highest BCUT2D eigenvalue weighted by Gasteiger charge is 2.33. The standard InChI is InChI=1S/C18H18N4OS/c1-12-11-14-7-3-4-8-15(14)22(12)17(23)13(2)24-18-20-19-16-9-5-6-10-21(16)18/h3-10,12-13H,11H2,1-2H3. The van der Waals surface area contributed by atoms with E-state index in [2.05, 4.69) is 23.2 Å². The lowest BCUT2D eigenvalue weighted by atomic mass is 10.1. The van der Waals surface area contributed by atoms with Crippen molar-refractivity contribution in [3.05, 3.63) is 54.2 Å². The van der Waals surface area contributed by atoms with Crippen molar-refractivity contribution in [2.24, 2.45) is 0 Å². The molecule has 0 fully saturated rings. The van der Waals surface area contributed by atoms with Gasteiger partial charge in [0.25, 0.3) is 0 Å². The summed E-state index contributed by atoms with van der Waals surface area (Å²) in [5, 5.41) is 8.87. The fraction of sp³-hybridized carbons (Fsp3) is 0.278. The van der Waals surface area contributed by atoms with Gasteiger partial charge in [0.05, 0.1) is 5.25 Å². The van der Waals surface area contributed by atoms with Gasteiger partial charge in [0.15, 0.2) is 10.8 Å². The zero-order chi connectivity index (χ0) is 16.7. The van der Waals surface area contributed by atoms with Crippen LogP contribution in [-0.4, -0.2) is 31.8 Å². The van der Waals surface area contributed by atoms with Crippen LogP contribution in [0.1, 0.15) is 19.4 Å². The van der Waals surface area contributed by atoms with E-state index < -0.39 is 0 Å². The number of anilines is 1. The molecule has 1 amide bonds. The highest BCUT2D eigenvalue weighted by molar-refractivity contribution is 8.00. The predicted octanol–water partition coefficient (Wildman–Crippen LogP) is 3.19. The summed E-state index contributed by atoms with van der Waals surface area (Å²) in [7, 11) is 0. The Bertz CT molecular complexity index is 907. The van der Waals surface area contributed by atoms with Crippen molar-refractivity contribution in [1.29, 1.82) is 0 Å². The van der Waals surface area contributed by atoms with E-state index in [0.29, 0.717) is 0 Å². The molecule has 1 aromatic carbocycles. The third-order valence-electron chi connectivity index (χ3n) is 4.36. The number of amides is 1. The van der Waals surface area contributed by atoms with Crippen molar-refractivity contribution in [3.8, 4) is 0 Å². The number of pyridine rings is 1. The molecule has 1 aliphatic rings. The first-order valence-electron chi connectivity index (χ1n) is 8.02. The van der Waals surface area contributed by atoms with Crippen LogP contribution in [-0.2, 0) is 11.2 Å². The maximum Gasteiger partial charge on any atom is 0.240 e. The van der Waals surface area contributed by atoms with Crippen LogP contribution in [0.3, 0.4) is 0 Å². The summed E-state index contributed by atoms with van der Waals surface area (Å²) in [5.41, 5.74) is 3.07. The van der Waals surface area contributed by atoms with E-state index in [1.807, 2.05) is 58.8 Å². The summed E-state index contributed by atoms with van der Waals surface area (Å²) in [6.07, 6.45) is 2.83. The smallest absolute Gasteiger partial charge is 0.240 e. The largest absolute Gasteiger partial charge is 0.308 e. The second-order valence-corrected chi connectivity index (χ2v) is 7.37. The second kappa shape index (κ2) is 5.94. The van der Waals surface area contributed by atoms with E-state index in [-0.39, 0.29) is 17.2 Å². The van der Waals surface area contributed by atoms with E-state index in [1.165, 1.54) is 17.3 Å². The Labute approximate surface area is 144 Å². The SMILES string of the molecule is CC(Sc1nnc2ccccn12)C(=O)N1c2ccccc2CC1C. The fourth-order valence-electron chi connectivity index (χ4n) is 3.21. The molecule has 2 atom stereocenters. The zero-order valence-electron chi connectivity index (χ0n) is 13.6. The molecule has 2 unspecified atom stereocenters.